The molecule has 62 heavy (non-hydrogen) atoms. The monoisotopic (exact) mass is 865 g/mol. The number of ether oxygens (including phenoxy) is 3. The summed E-state index contributed by atoms with van der Waals surface area (Å²) in [6.07, 6.45) is 63.2. The Kier molecular flexibility index (Phi) is 47.9. The highest BCUT2D eigenvalue weighted by molar-refractivity contribution is 5.71. The molecule has 1 unspecified atom stereocenters. The third-order valence-electron chi connectivity index (χ3n) is 10.9. The first-order valence-electron chi connectivity index (χ1n) is 25.9. The van der Waals surface area contributed by atoms with Crippen molar-refractivity contribution < 1.29 is 28.6 Å². The molecule has 0 heterocycles. The highest BCUT2D eigenvalue weighted by Gasteiger charge is 2.19. The maximum absolute atomic E-state index is 12.8. The number of hydrogen-bond donors (Lipinski definition) is 0. The first-order valence-corrected chi connectivity index (χ1v) is 25.9. The van der Waals surface area contributed by atoms with Crippen molar-refractivity contribution in [3.63, 3.8) is 0 Å². The van der Waals surface area contributed by atoms with Crippen LogP contribution in [0.4, 0.5) is 0 Å². The molecule has 0 aliphatic rings. The second-order valence-electron chi connectivity index (χ2n) is 17.0. The van der Waals surface area contributed by atoms with E-state index in [0.29, 0.717) is 19.3 Å². The summed E-state index contributed by atoms with van der Waals surface area (Å²) in [5.74, 6) is -0.986. The molecule has 356 valence electrons. The number of esters is 3. The van der Waals surface area contributed by atoms with E-state index in [2.05, 4.69) is 87.6 Å². The Hall–Kier alpha value is -3.15. The highest BCUT2D eigenvalue weighted by atomic mass is 16.6. The summed E-state index contributed by atoms with van der Waals surface area (Å²) >= 11 is 0. The van der Waals surface area contributed by atoms with E-state index >= 15 is 0 Å². The van der Waals surface area contributed by atoms with Gasteiger partial charge in [0.15, 0.2) is 6.10 Å². The van der Waals surface area contributed by atoms with Crippen molar-refractivity contribution in [2.45, 2.75) is 252 Å². The molecule has 6 nitrogen and oxygen atoms in total. The Labute approximate surface area is 382 Å². The van der Waals surface area contributed by atoms with Gasteiger partial charge in [-0.05, 0) is 96.3 Å². The molecule has 0 aromatic rings. The third kappa shape index (κ3) is 47.9. The molecule has 0 amide bonds. The minimum atomic E-state index is -0.805. The lowest BCUT2D eigenvalue weighted by molar-refractivity contribution is -0.166. The Morgan fingerprint density at radius 3 is 1.11 bits per heavy atom. The van der Waals surface area contributed by atoms with Gasteiger partial charge in [0.2, 0.25) is 0 Å². The molecule has 0 spiro atoms. The van der Waals surface area contributed by atoms with E-state index in [-0.39, 0.29) is 37.5 Å². The second-order valence-corrected chi connectivity index (χ2v) is 17.0. The maximum Gasteiger partial charge on any atom is 0.306 e. The zero-order valence-electron chi connectivity index (χ0n) is 40.6. The number of carbonyl (C=O) groups is 3. The molecule has 0 bridgehead atoms. The molecule has 0 radical (unpaired) electrons. The molecule has 0 saturated carbocycles. The van der Waals surface area contributed by atoms with Crippen LogP contribution in [-0.2, 0) is 28.6 Å². The van der Waals surface area contributed by atoms with Gasteiger partial charge in [-0.2, -0.15) is 0 Å². The van der Waals surface area contributed by atoms with E-state index in [0.717, 1.165) is 77.0 Å². The van der Waals surface area contributed by atoms with Crippen LogP contribution in [0.5, 0.6) is 0 Å². The van der Waals surface area contributed by atoms with Crippen LogP contribution >= 0.6 is 0 Å². The fraction of sp³-hybridized carbons (Fsp3) is 0.732. The van der Waals surface area contributed by atoms with E-state index in [1.54, 1.807) is 0 Å². The van der Waals surface area contributed by atoms with Crippen LogP contribution in [-0.4, -0.2) is 37.2 Å². The summed E-state index contributed by atoms with van der Waals surface area (Å²) in [6.45, 7) is 6.44. The molecular weight excluding hydrogens is 769 g/mol. The first kappa shape index (κ1) is 58.9. The Morgan fingerprint density at radius 1 is 0.339 bits per heavy atom. The molecule has 1 atom stereocenters. The molecule has 0 aromatic carbocycles. The lowest BCUT2D eigenvalue weighted by Crippen LogP contribution is -2.30. The standard InChI is InChI=1S/C56H96O6/c1-4-7-10-13-16-19-22-25-27-29-31-34-37-40-43-46-49-55(58)61-52-53(51-60-54(57)48-45-42-39-36-33-30-24-21-18-15-12-9-6-3)62-56(59)50-47-44-41-38-35-32-28-26-23-20-17-14-11-8-5-2/h7,10,16,19-20,23,25,27,30,33,39,42,53H,4-6,8-9,11-15,17-18,21-22,24,26,28-29,31-32,34-38,40-41,43-52H2,1-3H3/b10-7+,19-16+,23-20+,27-25+,33-30+,42-39+. The van der Waals surface area contributed by atoms with E-state index in [9.17, 15) is 14.4 Å². The van der Waals surface area contributed by atoms with Crippen molar-refractivity contribution in [3.8, 4) is 0 Å². The van der Waals surface area contributed by atoms with Gasteiger partial charge in [0, 0.05) is 19.3 Å². The Balaban J connectivity index is 4.46. The zero-order chi connectivity index (χ0) is 45.1. The van der Waals surface area contributed by atoms with Crippen molar-refractivity contribution in [3.05, 3.63) is 72.9 Å². The molecule has 0 aliphatic heterocycles. The molecule has 0 N–H and O–H groups in total. The average Bonchev–Trinajstić information content (AvgIpc) is 3.27. The van der Waals surface area contributed by atoms with Gasteiger partial charge >= 0.3 is 17.9 Å². The van der Waals surface area contributed by atoms with Gasteiger partial charge in [-0.1, -0.05) is 203 Å². The molecule has 6 heteroatoms. The Bertz CT molecular complexity index is 1180. The minimum absolute atomic E-state index is 0.101. The molecule has 0 aliphatic carbocycles. The fourth-order valence-electron chi connectivity index (χ4n) is 7.03. The van der Waals surface area contributed by atoms with Gasteiger partial charge in [-0.3, -0.25) is 14.4 Å². The zero-order valence-corrected chi connectivity index (χ0v) is 40.6. The lowest BCUT2D eigenvalue weighted by Gasteiger charge is -2.18. The third-order valence-corrected chi connectivity index (χ3v) is 10.9. The fourth-order valence-corrected chi connectivity index (χ4v) is 7.03. The van der Waals surface area contributed by atoms with Crippen molar-refractivity contribution >= 4 is 17.9 Å². The van der Waals surface area contributed by atoms with E-state index in [1.807, 2.05) is 6.08 Å². The van der Waals surface area contributed by atoms with E-state index in [1.165, 1.54) is 122 Å². The van der Waals surface area contributed by atoms with Crippen LogP contribution < -0.4 is 0 Å². The predicted octanol–water partition coefficient (Wildman–Crippen LogP) is 17.0. The van der Waals surface area contributed by atoms with Gasteiger partial charge in [-0.25, -0.2) is 0 Å². The van der Waals surface area contributed by atoms with Crippen LogP contribution in [0, 0.1) is 0 Å². The van der Waals surface area contributed by atoms with Crippen LogP contribution in [0.2, 0.25) is 0 Å². The molecule has 0 saturated heterocycles. The van der Waals surface area contributed by atoms with Crippen LogP contribution in [0.3, 0.4) is 0 Å². The largest absolute Gasteiger partial charge is 0.462 e. The number of allylic oxidation sites excluding steroid dienone is 12. The smallest absolute Gasteiger partial charge is 0.306 e. The number of carbonyl (C=O) groups excluding carboxylic acids is 3. The average molecular weight is 865 g/mol. The summed E-state index contributed by atoms with van der Waals surface area (Å²) in [5, 5.41) is 0. The summed E-state index contributed by atoms with van der Waals surface area (Å²) in [5.41, 5.74) is 0. The highest BCUT2D eigenvalue weighted by Crippen LogP contribution is 2.14. The molecule has 0 aromatic heterocycles. The topological polar surface area (TPSA) is 78.9 Å². The van der Waals surface area contributed by atoms with Gasteiger partial charge in [-0.15, -0.1) is 0 Å². The maximum atomic E-state index is 12.8. The SMILES string of the molecule is CC/C=C/C/C=C/C/C=C/CCCCCCCCC(=O)OCC(COC(=O)CC/C=C/C/C=C/CCCCCCCC)OC(=O)CCCCCCCCC/C=C/CCCCCC. The normalized spacial score (nSPS) is 12.6. The molecule has 0 fully saturated rings. The summed E-state index contributed by atoms with van der Waals surface area (Å²) in [4.78, 5) is 37.9. The summed E-state index contributed by atoms with van der Waals surface area (Å²) < 4.78 is 16.7. The number of hydrogen-bond acceptors (Lipinski definition) is 6. The van der Waals surface area contributed by atoms with Gasteiger partial charge in [0.25, 0.3) is 0 Å². The predicted molar refractivity (Wildman–Crippen MR) is 265 cm³/mol. The summed E-state index contributed by atoms with van der Waals surface area (Å²) in [7, 11) is 0. The van der Waals surface area contributed by atoms with Crippen LogP contribution in [0.15, 0.2) is 72.9 Å². The number of unbranched alkanes of at least 4 members (excludes halogenated alkanes) is 23. The van der Waals surface area contributed by atoms with E-state index in [4.69, 9.17) is 14.2 Å². The summed E-state index contributed by atoms with van der Waals surface area (Å²) in [6, 6.07) is 0. The van der Waals surface area contributed by atoms with Crippen molar-refractivity contribution in [2.24, 2.45) is 0 Å². The second kappa shape index (κ2) is 50.5. The minimum Gasteiger partial charge on any atom is -0.462 e. The Morgan fingerprint density at radius 2 is 0.661 bits per heavy atom. The van der Waals surface area contributed by atoms with E-state index < -0.39 is 6.10 Å². The lowest BCUT2D eigenvalue weighted by atomic mass is 10.1. The molecule has 0 rings (SSSR count). The number of rotatable bonds is 46. The van der Waals surface area contributed by atoms with Crippen molar-refractivity contribution in [1.29, 1.82) is 0 Å². The van der Waals surface area contributed by atoms with Crippen LogP contribution in [0.1, 0.15) is 245 Å². The van der Waals surface area contributed by atoms with Gasteiger partial charge in [0.1, 0.15) is 13.2 Å². The molecular formula is C56H96O6. The van der Waals surface area contributed by atoms with Gasteiger partial charge in [0.05, 0.1) is 0 Å². The van der Waals surface area contributed by atoms with Crippen LogP contribution in [0.25, 0.3) is 0 Å². The van der Waals surface area contributed by atoms with Crippen molar-refractivity contribution in [1.82, 2.24) is 0 Å². The van der Waals surface area contributed by atoms with Gasteiger partial charge < -0.3 is 14.2 Å². The van der Waals surface area contributed by atoms with Crippen molar-refractivity contribution in [2.75, 3.05) is 13.2 Å². The first-order chi connectivity index (χ1) is 30.5. The quantitative estimate of drug-likeness (QED) is 0.0262.